The number of likely N-dealkylation sites (tertiary alicyclic amines) is 1. The van der Waals surface area contributed by atoms with Gasteiger partial charge >= 0.3 is 6.09 Å². The van der Waals surface area contributed by atoms with Gasteiger partial charge in [0, 0.05) is 39.3 Å². The molecule has 2 fully saturated rings. The number of carbonyl (C=O) groups is 2. The van der Waals surface area contributed by atoms with Crippen LogP contribution in [0.3, 0.4) is 0 Å². The predicted octanol–water partition coefficient (Wildman–Crippen LogP) is 1.85. The Morgan fingerprint density at radius 1 is 1.00 bits per heavy atom. The lowest BCUT2D eigenvalue weighted by molar-refractivity contribution is -0.128. The molecule has 1 atom stereocenters. The second-order valence-electron chi connectivity index (χ2n) is 10.4. The zero-order valence-electron chi connectivity index (χ0n) is 22.1. The number of piperidine rings is 1. The summed E-state index contributed by atoms with van der Waals surface area (Å²) in [6.45, 7) is 10.5. The van der Waals surface area contributed by atoms with E-state index >= 15 is 0 Å². The molecule has 0 bridgehead atoms. The quantitative estimate of drug-likeness (QED) is 0.515. The Hall–Kier alpha value is -2.22. The van der Waals surface area contributed by atoms with E-state index in [1.165, 1.54) is 37.8 Å². The molecule has 13 heteroatoms. The van der Waals surface area contributed by atoms with Gasteiger partial charge in [0.05, 0.1) is 21.8 Å². The van der Waals surface area contributed by atoms with Gasteiger partial charge in [-0.1, -0.05) is 13.8 Å². The minimum Gasteiger partial charge on any atom is -0.444 e. The third kappa shape index (κ3) is 6.81. The van der Waals surface area contributed by atoms with Gasteiger partial charge in [-0.05, 0) is 57.9 Å². The summed E-state index contributed by atoms with van der Waals surface area (Å²) < 4.78 is 59.8. The fourth-order valence-corrected chi connectivity index (χ4v) is 7.37. The van der Waals surface area contributed by atoms with Crippen LogP contribution in [0.4, 0.5) is 4.79 Å². The smallest absolute Gasteiger partial charge is 0.410 e. The van der Waals surface area contributed by atoms with Gasteiger partial charge in [-0.3, -0.25) is 4.79 Å². The number of amides is 2. The molecule has 208 valence electrons. The molecule has 2 saturated heterocycles. The van der Waals surface area contributed by atoms with Crippen molar-refractivity contribution in [2.45, 2.75) is 68.9 Å². The van der Waals surface area contributed by atoms with Gasteiger partial charge in [0.1, 0.15) is 5.60 Å². The van der Waals surface area contributed by atoms with Crippen LogP contribution in [-0.2, 0) is 29.6 Å². The third-order valence-corrected chi connectivity index (χ3v) is 10.4. The lowest BCUT2D eigenvalue weighted by Crippen LogP contribution is -2.62. The second-order valence-corrected chi connectivity index (χ2v) is 14.2. The maximum Gasteiger partial charge on any atom is 0.410 e. The van der Waals surface area contributed by atoms with Gasteiger partial charge in [0.2, 0.25) is 26.0 Å². The number of hydrogen-bond acceptors (Lipinski definition) is 7. The van der Waals surface area contributed by atoms with Crippen molar-refractivity contribution < 1.29 is 31.2 Å². The summed E-state index contributed by atoms with van der Waals surface area (Å²) in [5.74, 6) is -0.754. The van der Waals surface area contributed by atoms with E-state index in [4.69, 9.17) is 4.74 Å². The molecule has 11 nitrogen and oxygen atoms in total. The van der Waals surface area contributed by atoms with E-state index in [-0.39, 0.29) is 34.8 Å². The molecular weight excluding hydrogens is 520 g/mol. The van der Waals surface area contributed by atoms with Crippen molar-refractivity contribution in [2.75, 3.05) is 39.3 Å². The summed E-state index contributed by atoms with van der Waals surface area (Å²) >= 11 is 0. The van der Waals surface area contributed by atoms with Gasteiger partial charge in [-0.15, -0.1) is 0 Å². The summed E-state index contributed by atoms with van der Waals surface area (Å²) in [5, 5.41) is 2.91. The Labute approximate surface area is 220 Å². The molecule has 0 radical (unpaired) electrons. The number of nitrogens with zero attached hydrogens (tertiary/aromatic N) is 3. The first kappa shape index (κ1) is 29.3. The normalized spacial score (nSPS) is 19.9. The number of hydrogen-bond donors (Lipinski definition) is 1. The molecule has 2 heterocycles. The van der Waals surface area contributed by atoms with Crippen LogP contribution in [0, 0.1) is 5.92 Å². The average molecular weight is 559 g/mol. The first-order valence-corrected chi connectivity index (χ1v) is 15.5. The van der Waals surface area contributed by atoms with Crippen LogP contribution in [0.5, 0.6) is 0 Å². The van der Waals surface area contributed by atoms with Crippen molar-refractivity contribution >= 4 is 32.0 Å². The number of rotatable bonds is 8. The molecule has 3 rings (SSSR count). The van der Waals surface area contributed by atoms with Crippen molar-refractivity contribution in [3.05, 3.63) is 24.3 Å². The zero-order valence-corrected chi connectivity index (χ0v) is 23.8. The van der Waals surface area contributed by atoms with Crippen LogP contribution >= 0.6 is 0 Å². The van der Waals surface area contributed by atoms with Gasteiger partial charge in [0.15, 0.2) is 0 Å². The zero-order chi connectivity index (χ0) is 27.6. The Morgan fingerprint density at radius 2 is 1.57 bits per heavy atom. The molecule has 1 aromatic carbocycles. The molecule has 0 spiro atoms. The maximum atomic E-state index is 13.3. The van der Waals surface area contributed by atoms with E-state index in [2.05, 4.69) is 5.32 Å². The molecule has 1 N–H and O–H groups in total. The number of sulfonamides is 2. The van der Waals surface area contributed by atoms with E-state index in [0.717, 1.165) is 0 Å². The number of nitrogens with one attached hydrogen (secondary N) is 1. The summed E-state index contributed by atoms with van der Waals surface area (Å²) in [5.41, 5.74) is -0.595. The standard InChI is InChI=1S/C24H38N4O7S2/c1-6-27(7-2)36(31,32)20-10-12-21(13-11-20)37(33,34)28-14-8-9-18(15-28)22(29)25-19-16-26(17-19)23(30)35-24(3,4)5/h10-13,18-19H,6-9,14-17H2,1-5H3,(H,25,29)/t18-/m1/s1. The molecule has 0 aromatic heterocycles. The largest absolute Gasteiger partial charge is 0.444 e. The third-order valence-electron chi connectivity index (χ3n) is 6.44. The fourth-order valence-electron chi connectivity index (χ4n) is 4.38. The monoisotopic (exact) mass is 558 g/mol. The molecule has 0 saturated carbocycles. The molecule has 2 aliphatic rings. The van der Waals surface area contributed by atoms with Crippen molar-refractivity contribution in [1.29, 1.82) is 0 Å². The molecule has 0 unspecified atom stereocenters. The van der Waals surface area contributed by atoms with Gasteiger partial charge < -0.3 is 15.0 Å². The highest BCUT2D eigenvalue weighted by Crippen LogP contribution is 2.26. The van der Waals surface area contributed by atoms with Crippen molar-refractivity contribution in [3.63, 3.8) is 0 Å². The fraction of sp³-hybridized carbons (Fsp3) is 0.667. The lowest BCUT2D eigenvalue weighted by atomic mass is 9.97. The number of ether oxygens (including phenoxy) is 1. The van der Waals surface area contributed by atoms with Gasteiger partial charge in [-0.2, -0.15) is 8.61 Å². The summed E-state index contributed by atoms with van der Waals surface area (Å²) in [7, 11) is -7.60. The van der Waals surface area contributed by atoms with E-state index in [1.54, 1.807) is 34.6 Å². The summed E-state index contributed by atoms with van der Waals surface area (Å²) in [4.78, 5) is 26.5. The number of carbonyl (C=O) groups excluding carboxylic acids is 2. The molecule has 0 aliphatic carbocycles. The van der Waals surface area contributed by atoms with Crippen molar-refractivity contribution in [2.24, 2.45) is 5.92 Å². The van der Waals surface area contributed by atoms with E-state index in [9.17, 15) is 26.4 Å². The highest BCUT2D eigenvalue weighted by Gasteiger charge is 2.38. The highest BCUT2D eigenvalue weighted by molar-refractivity contribution is 7.89. The second kappa shape index (κ2) is 11.3. The Morgan fingerprint density at radius 3 is 2.11 bits per heavy atom. The molecule has 2 amide bonds. The lowest BCUT2D eigenvalue weighted by Gasteiger charge is -2.41. The highest BCUT2D eigenvalue weighted by atomic mass is 32.2. The van der Waals surface area contributed by atoms with Crippen LogP contribution in [0.2, 0.25) is 0 Å². The predicted molar refractivity (Wildman–Crippen MR) is 138 cm³/mol. The summed E-state index contributed by atoms with van der Waals surface area (Å²) in [6.07, 6.45) is 0.658. The number of benzene rings is 1. The Bertz CT molecular complexity index is 1180. The van der Waals surface area contributed by atoms with E-state index in [0.29, 0.717) is 39.0 Å². The minimum atomic E-state index is -3.90. The molecule has 1 aromatic rings. The van der Waals surface area contributed by atoms with E-state index in [1.807, 2.05) is 0 Å². The molecule has 2 aliphatic heterocycles. The summed E-state index contributed by atoms with van der Waals surface area (Å²) in [6, 6.07) is 5.01. The van der Waals surface area contributed by atoms with Gasteiger partial charge in [0.25, 0.3) is 0 Å². The SMILES string of the molecule is CCN(CC)S(=O)(=O)c1ccc(S(=O)(=O)N2CCC[C@@H](C(=O)NC3CN(C(=O)OC(C)(C)C)C3)C2)cc1. The first-order chi connectivity index (χ1) is 17.2. The van der Waals surface area contributed by atoms with E-state index < -0.39 is 37.7 Å². The maximum absolute atomic E-state index is 13.3. The van der Waals surface area contributed by atoms with Gasteiger partial charge in [-0.25, -0.2) is 21.6 Å². The van der Waals surface area contributed by atoms with Crippen molar-refractivity contribution in [1.82, 2.24) is 18.8 Å². The Kier molecular flexibility index (Phi) is 8.93. The molecule has 37 heavy (non-hydrogen) atoms. The average Bonchev–Trinajstić information content (AvgIpc) is 2.80. The molecular formula is C24H38N4O7S2. The van der Waals surface area contributed by atoms with Crippen LogP contribution in [0.1, 0.15) is 47.5 Å². The van der Waals surface area contributed by atoms with Crippen LogP contribution in [0.15, 0.2) is 34.1 Å². The van der Waals surface area contributed by atoms with Crippen molar-refractivity contribution in [3.8, 4) is 0 Å². The Balaban J connectivity index is 1.60. The topological polar surface area (TPSA) is 133 Å². The minimum absolute atomic E-state index is 0.0148. The van der Waals surface area contributed by atoms with Crippen LogP contribution in [-0.4, -0.2) is 93.3 Å². The van der Waals surface area contributed by atoms with Crippen LogP contribution < -0.4 is 5.32 Å². The first-order valence-electron chi connectivity index (χ1n) is 12.6. The van der Waals surface area contributed by atoms with Crippen LogP contribution in [0.25, 0.3) is 0 Å².